The molecule has 1 aliphatic rings. The van der Waals surface area contributed by atoms with E-state index in [4.69, 9.17) is 0 Å². The highest BCUT2D eigenvalue weighted by Gasteiger charge is 2.56. The van der Waals surface area contributed by atoms with Gasteiger partial charge in [-0.1, -0.05) is 41.9 Å². The van der Waals surface area contributed by atoms with E-state index < -0.39 is 28.7 Å². The largest absolute Gasteiger partial charge is 0.481 e. The molecule has 0 heterocycles. The first-order chi connectivity index (χ1) is 9.20. The molecule has 3 unspecified atom stereocenters. The molecule has 0 aromatic heterocycles. The van der Waals surface area contributed by atoms with Gasteiger partial charge in [-0.3, -0.25) is 9.59 Å². The van der Waals surface area contributed by atoms with E-state index in [1.807, 2.05) is 13.8 Å². The standard InChI is InChI=1S/C15H23BrO4/c1-10(2)9-15(13(19)20)7-4-6-14(3,12(17)18)11(15)5-8-16/h4,7,10-11H,5-6,8-9H2,1-3H3,(H,17,18)(H,19,20). The van der Waals surface area contributed by atoms with Gasteiger partial charge in [0.25, 0.3) is 0 Å². The molecule has 5 heteroatoms. The van der Waals surface area contributed by atoms with E-state index in [9.17, 15) is 19.8 Å². The van der Waals surface area contributed by atoms with Gasteiger partial charge in [0.15, 0.2) is 0 Å². The lowest BCUT2D eigenvalue weighted by molar-refractivity contribution is -0.164. The van der Waals surface area contributed by atoms with Gasteiger partial charge in [-0.25, -0.2) is 0 Å². The van der Waals surface area contributed by atoms with Gasteiger partial charge in [0.2, 0.25) is 0 Å². The van der Waals surface area contributed by atoms with Gasteiger partial charge in [-0.2, -0.15) is 0 Å². The lowest BCUT2D eigenvalue weighted by Crippen LogP contribution is -2.51. The SMILES string of the molecule is CC(C)CC1(C(=O)O)C=CCC(C)(C(=O)O)C1CCBr. The zero-order chi connectivity index (χ0) is 15.6. The Balaban J connectivity index is 3.38. The van der Waals surface area contributed by atoms with Crippen LogP contribution >= 0.6 is 15.9 Å². The van der Waals surface area contributed by atoms with Crippen LogP contribution in [-0.4, -0.2) is 27.5 Å². The maximum absolute atomic E-state index is 11.9. The summed E-state index contributed by atoms with van der Waals surface area (Å²) in [6, 6.07) is 0. The Labute approximate surface area is 128 Å². The molecule has 20 heavy (non-hydrogen) atoms. The summed E-state index contributed by atoms with van der Waals surface area (Å²) in [5, 5.41) is 20.0. The molecular formula is C15H23BrO4. The summed E-state index contributed by atoms with van der Waals surface area (Å²) in [5.41, 5.74) is -2.12. The number of carbonyl (C=O) groups is 2. The van der Waals surface area contributed by atoms with Crippen molar-refractivity contribution in [2.75, 3.05) is 5.33 Å². The number of carboxylic acid groups (broad SMARTS) is 2. The molecule has 0 aliphatic heterocycles. The molecule has 2 N–H and O–H groups in total. The fourth-order valence-electron chi connectivity index (χ4n) is 3.46. The number of alkyl halides is 1. The van der Waals surface area contributed by atoms with Crippen molar-refractivity contribution in [3.05, 3.63) is 12.2 Å². The van der Waals surface area contributed by atoms with Gasteiger partial charge in [0.1, 0.15) is 0 Å². The van der Waals surface area contributed by atoms with Gasteiger partial charge in [0, 0.05) is 5.33 Å². The van der Waals surface area contributed by atoms with E-state index in [1.165, 1.54) is 0 Å². The summed E-state index contributed by atoms with van der Waals surface area (Å²) in [6.07, 6.45) is 4.83. The number of hydrogen-bond donors (Lipinski definition) is 2. The zero-order valence-corrected chi connectivity index (χ0v) is 13.8. The Hall–Kier alpha value is -0.840. The van der Waals surface area contributed by atoms with Gasteiger partial charge in [0.05, 0.1) is 10.8 Å². The first-order valence-corrected chi connectivity index (χ1v) is 8.03. The predicted molar refractivity (Wildman–Crippen MR) is 80.9 cm³/mol. The molecule has 0 fully saturated rings. The summed E-state index contributed by atoms with van der Waals surface area (Å²) in [5.74, 6) is -2.07. The van der Waals surface area contributed by atoms with Gasteiger partial charge >= 0.3 is 11.9 Å². The molecule has 0 amide bonds. The van der Waals surface area contributed by atoms with Crippen LogP contribution in [-0.2, 0) is 9.59 Å². The quantitative estimate of drug-likeness (QED) is 0.569. The third-order valence-electron chi connectivity index (χ3n) is 4.38. The molecular weight excluding hydrogens is 324 g/mol. The monoisotopic (exact) mass is 346 g/mol. The summed E-state index contributed by atoms with van der Waals surface area (Å²) >= 11 is 3.34. The second-order valence-electron chi connectivity index (χ2n) is 6.30. The van der Waals surface area contributed by atoms with Crippen LogP contribution in [0, 0.1) is 22.7 Å². The van der Waals surface area contributed by atoms with Gasteiger partial charge < -0.3 is 10.2 Å². The molecule has 1 aliphatic carbocycles. The van der Waals surface area contributed by atoms with Crippen LogP contribution in [0.1, 0.15) is 40.0 Å². The van der Waals surface area contributed by atoms with Crippen LogP contribution in [0.15, 0.2) is 12.2 Å². The second kappa shape index (κ2) is 6.29. The maximum atomic E-state index is 11.9. The molecule has 0 aromatic rings. The maximum Gasteiger partial charge on any atom is 0.313 e. The molecule has 4 nitrogen and oxygen atoms in total. The normalized spacial score (nSPS) is 33.4. The van der Waals surface area contributed by atoms with Crippen molar-refractivity contribution in [2.45, 2.75) is 40.0 Å². The minimum atomic E-state index is -1.09. The van der Waals surface area contributed by atoms with Crippen LogP contribution in [0.4, 0.5) is 0 Å². The zero-order valence-electron chi connectivity index (χ0n) is 12.2. The van der Waals surface area contributed by atoms with Crippen molar-refractivity contribution in [3.63, 3.8) is 0 Å². The first-order valence-electron chi connectivity index (χ1n) is 6.91. The smallest absolute Gasteiger partial charge is 0.313 e. The van der Waals surface area contributed by atoms with Crippen molar-refractivity contribution in [1.29, 1.82) is 0 Å². The van der Waals surface area contributed by atoms with Crippen LogP contribution in [0.3, 0.4) is 0 Å². The summed E-state index contributed by atoms with van der Waals surface area (Å²) in [4.78, 5) is 23.7. The van der Waals surface area contributed by atoms with E-state index in [-0.39, 0.29) is 5.92 Å². The molecule has 0 aromatic carbocycles. The fourth-order valence-corrected chi connectivity index (χ4v) is 3.91. The van der Waals surface area contributed by atoms with Crippen LogP contribution < -0.4 is 0 Å². The van der Waals surface area contributed by atoms with Crippen molar-refractivity contribution >= 4 is 27.9 Å². The summed E-state index contributed by atoms with van der Waals surface area (Å²) < 4.78 is 0. The van der Waals surface area contributed by atoms with E-state index in [1.54, 1.807) is 19.1 Å². The Bertz CT molecular complexity index is 418. The topological polar surface area (TPSA) is 74.6 Å². The Kier molecular flexibility index (Phi) is 5.41. The van der Waals surface area contributed by atoms with Gasteiger partial charge in [-0.15, -0.1) is 0 Å². The highest BCUT2D eigenvalue weighted by atomic mass is 79.9. The highest BCUT2D eigenvalue weighted by Crippen LogP contribution is 2.53. The molecule has 0 spiro atoms. The number of hydrogen-bond acceptors (Lipinski definition) is 2. The number of aliphatic carboxylic acids is 2. The number of rotatable bonds is 6. The van der Waals surface area contributed by atoms with E-state index in [2.05, 4.69) is 15.9 Å². The minimum absolute atomic E-state index is 0.185. The number of halogens is 1. The Morgan fingerprint density at radius 2 is 1.95 bits per heavy atom. The van der Waals surface area contributed by atoms with E-state index in [0.29, 0.717) is 24.6 Å². The molecule has 0 bridgehead atoms. The van der Waals surface area contributed by atoms with Crippen molar-refractivity contribution in [1.82, 2.24) is 0 Å². The third-order valence-corrected chi connectivity index (χ3v) is 4.84. The van der Waals surface area contributed by atoms with Crippen molar-refractivity contribution in [3.8, 4) is 0 Å². The van der Waals surface area contributed by atoms with Crippen molar-refractivity contribution < 1.29 is 19.8 Å². The molecule has 0 saturated carbocycles. The fraction of sp³-hybridized carbons (Fsp3) is 0.733. The van der Waals surface area contributed by atoms with E-state index >= 15 is 0 Å². The van der Waals surface area contributed by atoms with Gasteiger partial charge in [-0.05, 0) is 38.0 Å². The molecule has 0 saturated heterocycles. The molecule has 114 valence electrons. The second-order valence-corrected chi connectivity index (χ2v) is 7.10. The Morgan fingerprint density at radius 1 is 1.35 bits per heavy atom. The van der Waals surface area contributed by atoms with Crippen LogP contribution in [0.2, 0.25) is 0 Å². The summed E-state index contributed by atoms with van der Waals surface area (Å²) in [6.45, 7) is 5.61. The lowest BCUT2D eigenvalue weighted by Gasteiger charge is -2.47. The van der Waals surface area contributed by atoms with E-state index in [0.717, 1.165) is 0 Å². The lowest BCUT2D eigenvalue weighted by atomic mass is 9.55. The highest BCUT2D eigenvalue weighted by molar-refractivity contribution is 9.09. The first kappa shape index (κ1) is 17.2. The van der Waals surface area contributed by atoms with Crippen molar-refractivity contribution in [2.24, 2.45) is 22.7 Å². The average Bonchev–Trinajstić information content (AvgIpc) is 2.32. The molecule has 3 atom stereocenters. The number of allylic oxidation sites excluding steroid dienone is 1. The minimum Gasteiger partial charge on any atom is -0.481 e. The summed E-state index contributed by atoms with van der Waals surface area (Å²) in [7, 11) is 0. The average molecular weight is 347 g/mol. The van der Waals surface area contributed by atoms with Crippen LogP contribution in [0.5, 0.6) is 0 Å². The molecule has 0 radical (unpaired) electrons. The predicted octanol–water partition coefficient (Wildman–Crippen LogP) is 3.56. The van der Waals surface area contributed by atoms with Crippen LogP contribution in [0.25, 0.3) is 0 Å². The number of carboxylic acids is 2. The third kappa shape index (κ3) is 2.92. The molecule has 1 rings (SSSR count). The Morgan fingerprint density at radius 3 is 2.35 bits per heavy atom.